The minimum absolute atomic E-state index is 0.0608. The number of hydrogen-bond donors (Lipinski definition) is 0. The smallest absolute Gasteiger partial charge is 0.375 e. The van der Waals surface area contributed by atoms with Crippen LogP contribution in [0.25, 0.3) is 10.4 Å². The molecular weight excluding hydrogens is 258 g/mol. The van der Waals surface area contributed by atoms with Gasteiger partial charge in [-0.1, -0.05) is 42.4 Å². The highest BCUT2D eigenvalue weighted by Crippen LogP contribution is 2.25. The van der Waals surface area contributed by atoms with Crippen molar-refractivity contribution in [2.24, 2.45) is 5.11 Å². The molecule has 0 N–H and O–H groups in total. The van der Waals surface area contributed by atoms with Crippen LogP contribution in [0.1, 0.15) is 20.8 Å². The molecule has 1 aromatic carbocycles. The molecule has 0 aliphatic carbocycles. The van der Waals surface area contributed by atoms with Crippen molar-refractivity contribution in [3.8, 4) is 0 Å². The Bertz CT molecular complexity index is 415. The SMILES string of the molecule is CCO[Si](OCC)(c1ccccc1)C(C)CN=[N+]=[N-]. The van der Waals surface area contributed by atoms with E-state index >= 15 is 0 Å². The summed E-state index contributed by atoms with van der Waals surface area (Å²) in [6, 6.07) is 10.00. The number of benzene rings is 1. The predicted molar refractivity (Wildman–Crippen MR) is 78.5 cm³/mol. The van der Waals surface area contributed by atoms with Crippen molar-refractivity contribution in [1.29, 1.82) is 0 Å². The van der Waals surface area contributed by atoms with Crippen molar-refractivity contribution in [2.45, 2.75) is 26.3 Å². The summed E-state index contributed by atoms with van der Waals surface area (Å²) in [6.07, 6.45) is 0. The van der Waals surface area contributed by atoms with Crippen LogP contribution in [-0.4, -0.2) is 28.3 Å². The largest absolute Gasteiger partial charge is 0.391 e. The van der Waals surface area contributed by atoms with Crippen molar-refractivity contribution in [2.75, 3.05) is 19.8 Å². The molecule has 0 heterocycles. The Balaban J connectivity index is 3.16. The average molecular weight is 279 g/mol. The summed E-state index contributed by atoms with van der Waals surface area (Å²) in [5, 5.41) is 4.77. The lowest BCUT2D eigenvalue weighted by Gasteiger charge is -2.34. The van der Waals surface area contributed by atoms with Crippen molar-refractivity contribution in [3.63, 3.8) is 0 Å². The van der Waals surface area contributed by atoms with E-state index in [9.17, 15) is 0 Å². The molecule has 0 aliphatic heterocycles. The van der Waals surface area contributed by atoms with Gasteiger partial charge in [0.25, 0.3) is 0 Å². The van der Waals surface area contributed by atoms with Gasteiger partial charge in [-0.05, 0) is 24.6 Å². The number of azide groups is 1. The van der Waals surface area contributed by atoms with E-state index in [4.69, 9.17) is 14.4 Å². The van der Waals surface area contributed by atoms with Gasteiger partial charge in [0.05, 0.1) is 0 Å². The molecule has 0 aliphatic rings. The first-order valence-corrected chi connectivity index (χ1v) is 8.44. The Morgan fingerprint density at radius 3 is 2.26 bits per heavy atom. The minimum Gasteiger partial charge on any atom is -0.391 e. The zero-order valence-electron chi connectivity index (χ0n) is 11.7. The fraction of sp³-hybridized carbons (Fsp3) is 0.538. The maximum absolute atomic E-state index is 8.50. The summed E-state index contributed by atoms with van der Waals surface area (Å²) < 4.78 is 12.1. The van der Waals surface area contributed by atoms with Crippen molar-refractivity contribution in [1.82, 2.24) is 0 Å². The zero-order chi connectivity index (χ0) is 14.1. The third-order valence-corrected chi connectivity index (χ3v) is 7.01. The highest BCUT2D eigenvalue weighted by atomic mass is 28.4. The Kier molecular flexibility index (Phi) is 6.59. The average Bonchev–Trinajstić information content (AvgIpc) is 2.45. The van der Waals surface area contributed by atoms with E-state index in [0.29, 0.717) is 19.8 Å². The van der Waals surface area contributed by atoms with Crippen LogP contribution in [0.3, 0.4) is 0 Å². The fourth-order valence-corrected chi connectivity index (χ4v) is 5.55. The van der Waals surface area contributed by atoms with Gasteiger partial charge in [-0.25, -0.2) is 0 Å². The van der Waals surface area contributed by atoms with E-state index in [1.165, 1.54) is 0 Å². The van der Waals surface area contributed by atoms with Gasteiger partial charge in [0.1, 0.15) is 0 Å². The molecule has 0 amide bonds. The number of rotatable bonds is 8. The van der Waals surface area contributed by atoms with E-state index in [2.05, 4.69) is 10.0 Å². The number of hydrogen-bond acceptors (Lipinski definition) is 3. The molecule has 1 atom stereocenters. The normalized spacial score (nSPS) is 12.8. The van der Waals surface area contributed by atoms with Crippen molar-refractivity contribution < 1.29 is 8.85 Å². The van der Waals surface area contributed by atoms with Gasteiger partial charge in [-0.3, -0.25) is 0 Å². The molecule has 0 saturated carbocycles. The zero-order valence-corrected chi connectivity index (χ0v) is 12.7. The highest BCUT2D eigenvalue weighted by molar-refractivity contribution is 6.82. The molecule has 1 aromatic rings. The van der Waals surface area contributed by atoms with Gasteiger partial charge in [0.15, 0.2) is 0 Å². The topological polar surface area (TPSA) is 67.2 Å². The van der Waals surface area contributed by atoms with Crippen LogP contribution >= 0.6 is 0 Å². The molecule has 0 saturated heterocycles. The van der Waals surface area contributed by atoms with Gasteiger partial charge in [0.2, 0.25) is 0 Å². The molecule has 104 valence electrons. The van der Waals surface area contributed by atoms with Gasteiger partial charge in [-0.2, -0.15) is 0 Å². The lowest BCUT2D eigenvalue weighted by molar-refractivity contribution is 0.187. The van der Waals surface area contributed by atoms with Gasteiger partial charge in [0, 0.05) is 30.2 Å². The lowest BCUT2D eigenvalue weighted by atomic mass is 10.4. The maximum Gasteiger partial charge on any atom is 0.375 e. The van der Waals surface area contributed by atoms with E-state index in [0.717, 1.165) is 5.19 Å². The Labute approximate surface area is 115 Å². The monoisotopic (exact) mass is 279 g/mol. The first kappa shape index (κ1) is 15.7. The summed E-state index contributed by atoms with van der Waals surface area (Å²) in [5.74, 6) is 0. The summed E-state index contributed by atoms with van der Waals surface area (Å²) in [6.45, 7) is 7.51. The van der Waals surface area contributed by atoms with Crippen LogP contribution in [0.2, 0.25) is 5.54 Å². The van der Waals surface area contributed by atoms with E-state index < -0.39 is 8.56 Å². The quantitative estimate of drug-likeness (QED) is 0.317. The lowest BCUT2D eigenvalue weighted by Crippen LogP contribution is -2.57. The van der Waals surface area contributed by atoms with Gasteiger partial charge < -0.3 is 8.85 Å². The summed E-state index contributed by atoms with van der Waals surface area (Å²) in [4.78, 5) is 2.84. The van der Waals surface area contributed by atoms with Crippen LogP contribution in [-0.2, 0) is 8.85 Å². The molecule has 0 aromatic heterocycles. The molecule has 0 spiro atoms. The van der Waals surface area contributed by atoms with E-state index in [1.54, 1.807) is 0 Å². The molecule has 5 nitrogen and oxygen atoms in total. The Morgan fingerprint density at radius 2 is 1.79 bits per heavy atom. The molecule has 19 heavy (non-hydrogen) atoms. The summed E-state index contributed by atoms with van der Waals surface area (Å²) >= 11 is 0. The summed E-state index contributed by atoms with van der Waals surface area (Å²) in [7, 11) is -2.58. The van der Waals surface area contributed by atoms with Crippen molar-refractivity contribution in [3.05, 3.63) is 40.8 Å². The molecule has 6 heteroatoms. The number of nitrogens with zero attached hydrogens (tertiary/aromatic N) is 3. The van der Waals surface area contributed by atoms with Crippen molar-refractivity contribution >= 4 is 13.7 Å². The molecule has 1 rings (SSSR count). The van der Waals surface area contributed by atoms with Gasteiger partial charge >= 0.3 is 8.56 Å². The molecule has 0 bridgehead atoms. The van der Waals surface area contributed by atoms with E-state index in [-0.39, 0.29) is 5.54 Å². The molecule has 0 fully saturated rings. The van der Waals surface area contributed by atoms with Crippen LogP contribution in [0.15, 0.2) is 35.4 Å². The fourth-order valence-electron chi connectivity index (χ4n) is 2.16. The standard InChI is InChI=1S/C13H21N3O2Si/c1-4-17-19(18-5-2,12(3)11-15-16-14)13-9-7-6-8-10-13/h6-10,12H,4-5,11H2,1-3H3. The van der Waals surface area contributed by atoms with Crippen LogP contribution in [0, 0.1) is 0 Å². The second-order valence-corrected chi connectivity index (χ2v) is 7.69. The third kappa shape index (κ3) is 3.81. The Morgan fingerprint density at radius 1 is 1.21 bits per heavy atom. The molecule has 1 unspecified atom stereocenters. The summed E-state index contributed by atoms with van der Waals surface area (Å²) in [5.41, 5.74) is 8.56. The highest BCUT2D eigenvalue weighted by Gasteiger charge is 2.45. The van der Waals surface area contributed by atoms with Gasteiger partial charge in [-0.15, -0.1) is 0 Å². The first-order valence-electron chi connectivity index (χ1n) is 6.55. The van der Waals surface area contributed by atoms with Crippen LogP contribution in [0.4, 0.5) is 0 Å². The Hall–Kier alpha value is -1.33. The van der Waals surface area contributed by atoms with E-state index in [1.807, 2.05) is 51.1 Å². The molecule has 0 radical (unpaired) electrons. The second-order valence-electron chi connectivity index (χ2n) is 4.21. The van der Waals surface area contributed by atoms with Crippen LogP contribution < -0.4 is 5.19 Å². The first-order chi connectivity index (χ1) is 9.21. The minimum atomic E-state index is -2.58. The third-order valence-electron chi connectivity index (χ3n) is 2.96. The maximum atomic E-state index is 8.50. The molecular formula is C13H21N3O2Si. The second kappa shape index (κ2) is 7.96. The van der Waals surface area contributed by atoms with Crippen LogP contribution in [0.5, 0.6) is 0 Å². The predicted octanol–water partition coefficient (Wildman–Crippen LogP) is 3.11.